The van der Waals surface area contributed by atoms with Gasteiger partial charge in [0.2, 0.25) is 5.91 Å². The Morgan fingerprint density at radius 3 is 2.88 bits per heavy atom. The molecule has 0 atom stereocenters. The highest BCUT2D eigenvalue weighted by molar-refractivity contribution is 5.77. The van der Waals surface area contributed by atoms with Gasteiger partial charge in [-0.15, -0.1) is 0 Å². The van der Waals surface area contributed by atoms with Crippen LogP contribution in [0, 0.1) is 0 Å². The van der Waals surface area contributed by atoms with Crippen LogP contribution in [0.5, 0.6) is 0 Å². The van der Waals surface area contributed by atoms with Gasteiger partial charge in [-0.3, -0.25) is 4.79 Å². The minimum absolute atomic E-state index is 0.0587. The first kappa shape index (κ1) is 11.2. The van der Waals surface area contributed by atoms with Gasteiger partial charge in [0, 0.05) is 30.9 Å². The van der Waals surface area contributed by atoms with E-state index in [1.54, 1.807) is 0 Å². The molecule has 0 spiro atoms. The lowest BCUT2D eigenvalue weighted by atomic mass is 9.75. The van der Waals surface area contributed by atoms with E-state index in [1.807, 2.05) is 29.9 Å². The third-order valence-corrected chi connectivity index (χ3v) is 3.38. The number of nitrogens with one attached hydrogen (secondary N) is 1. The van der Waals surface area contributed by atoms with E-state index in [2.05, 4.69) is 5.32 Å². The summed E-state index contributed by atoms with van der Waals surface area (Å²) in [6, 6.07) is 3.97. The first-order chi connectivity index (χ1) is 7.59. The number of carbonyl (C=O) groups is 1. The summed E-state index contributed by atoms with van der Waals surface area (Å²) >= 11 is 0. The van der Waals surface area contributed by atoms with E-state index in [9.17, 15) is 4.79 Å². The van der Waals surface area contributed by atoms with Crippen molar-refractivity contribution < 1.29 is 4.79 Å². The minimum Gasteiger partial charge on any atom is -0.353 e. The number of nitrogens with two attached hydrogens (primary N) is 1. The molecule has 88 valence electrons. The zero-order valence-corrected chi connectivity index (χ0v) is 9.70. The molecule has 0 saturated heterocycles. The maximum Gasteiger partial charge on any atom is 0.222 e. The molecular formula is C12H19N3O. The molecule has 0 unspecified atom stereocenters. The van der Waals surface area contributed by atoms with E-state index < -0.39 is 0 Å². The van der Waals surface area contributed by atoms with E-state index in [-0.39, 0.29) is 11.4 Å². The second kappa shape index (κ2) is 4.29. The smallest absolute Gasteiger partial charge is 0.222 e. The Labute approximate surface area is 95.8 Å². The van der Waals surface area contributed by atoms with Crippen molar-refractivity contribution in [3.8, 4) is 0 Å². The normalized spacial score (nSPS) is 17.9. The maximum atomic E-state index is 11.7. The Kier molecular flexibility index (Phi) is 3.01. The number of aromatic nitrogens is 1. The fraction of sp³-hybridized carbons (Fsp3) is 0.583. The van der Waals surface area contributed by atoms with Crippen LogP contribution >= 0.6 is 0 Å². The van der Waals surface area contributed by atoms with Crippen LogP contribution in [0.1, 0.15) is 31.4 Å². The van der Waals surface area contributed by atoms with Crippen molar-refractivity contribution in [3.05, 3.63) is 24.0 Å². The van der Waals surface area contributed by atoms with Gasteiger partial charge in [-0.05, 0) is 31.4 Å². The fourth-order valence-corrected chi connectivity index (χ4v) is 2.06. The third-order valence-electron chi connectivity index (χ3n) is 3.38. The maximum absolute atomic E-state index is 11.7. The summed E-state index contributed by atoms with van der Waals surface area (Å²) in [6.45, 7) is 0.582. The van der Waals surface area contributed by atoms with Gasteiger partial charge < -0.3 is 15.6 Å². The zero-order valence-electron chi connectivity index (χ0n) is 9.70. The Bertz CT molecular complexity index is 379. The number of hydrogen-bond donors (Lipinski definition) is 2. The Morgan fingerprint density at radius 1 is 1.62 bits per heavy atom. The van der Waals surface area contributed by atoms with Crippen molar-refractivity contribution >= 4 is 5.91 Å². The Balaban J connectivity index is 1.78. The van der Waals surface area contributed by atoms with Crippen molar-refractivity contribution in [1.82, 2.24) is 9.88 Å². The van der Waals surface area contributed by atoms with E-state index in [4.69, 9.17) is 5.73 Å². The second-order valence-corrected chi connectivity index (χ2v) is 4.78. The van der Waals surface area contributed by atoms with Crippen LogP contribution in [-0.4, -0.2) is 16.0 Å². The number of carbonyl (C=O) groups excluding carboxylic acids is 1. The van der Waals surface area contributed by atoms with Crippen molar-refractivity contribution in [2.45, 2.75) is 37.8 Å². The van der Waals surface area contributed by atoms with Crippen LogP contribution in [0.3, 0.4) is 0 Å². The molecule has 1 fully saturated rings. The predicted octanol–water partition coefficient (Wildman–Crippen LogP) is 0.913. The lowest BCUT2D eigenvalue weighted by Crippen LogP contribution is -2.49. The zero-order chi connectivity index (χ0) is 11.6. The van der Waals surface area contributed by atoms with Gasteiger partial charge in [0.05, 0.1) is 6.54 Å². The van der Waals surface area contributed by atoms with Crippen LogP contribution in [-0.2, 0) is 18.4 Å². The monoisotopic (exact) mass is 221 g/mol. The summed E-state index contributed by atoms with van der Waals surface area (Å²) in [5.74, 6) is 0.0587. The van der Waals surface area contributed by atoms with Gasteiger partial charge in [0.25, 0.3) is 0 Å². The highest BCUT2D eigenvalue weighted by Gasteiger charge is 2.34. The molecule has 3 N–H and O–H groups in total. The van der Waals surface area contributed by atoms with Crippen LogP contribution < -0.4 is 11.1 Å². The van der Waals surface area contributed by atoms with Crippen LogP contribution in [0.4, 0.5) is 0 Å². The van der Waals surface area contributed by atoms with Crippen molar-refractivity contribution in [1.29, 1.82) is 0 Å². The molecule has 0 aromatic carbocycles. The molecule has 4 heteroatoms. The van der Waals surface area contributed by atoms with Crippen LogP contribution in [0.25, 0.3) is 0 Å². The van der Waals surface area contributed by atoms with Gasteiger partial charge in [-0.1, -0.05) is 0 Å². The molecule has 1 aliphatic carbocycles. The number of amides is 1. The molecule has 2 rings (SSSR count). The summed E-state index contributed by atoms with van der Waals surface area (Å²) in [7, 11) is 1.97. The molecule has 0 aliphatic heterocycles. The lowest BCUT2D eigenvalue weighted by molar-refractivity contribution is -0.123. The standard InChI is InChI=1S/C12H19N3O/c1-15-7-2-4-10(15)9-14-11(16)8-12(13)5-3-6-12/h2,4,7H,3,5-6,8-9,13H2,1H3,(H,14,16). The minimum atomic E-state index is -0.224. The van der Waals surface area contributed by atoms with Crippen LogP contribution in [0.2, 0.25) is 0 Å². The summed E-state index contributed by atoms with van der Waals surface area (Å²) in [6.07, 6.45) is 5.53. The molecular weight excluding hydrogens is 202 g/mol. The molecule has 1 saturated carbocycles. The molecule has 1 aliphatic rings. The highest BCUT2D eigenvalue weighted by Crippen LogP contribution is 2.31. The topological polar surface area (TPSA) is 60.0 Å². The van der Waals surface area contributed by atoms with E-state index in [0.717, 1.165) is 25.0 Å². The van der Waals surface area contributed by atoms with E-state index >= 15 is 0 Å². The molecule has 0 bridgehead atoms. The molecule has 1 aromatic rings. The van der Waals surface area contributed by atoms with Gasteiger partial charge >= 0.3 is 0 Å². The number of nitrogens with zero attached hydrogens (tertiary/aromatic N) is 1. The molecule has 1 heterocycles. The number of rotatable bonds is 4. The quantitative estimate of drug-likeness (QED) is 0.794. The fourth-order valence-electron chi connectivity index (χ4n) is 2.06. The summed E-state index contributed by atoms with van der Waals surface area (Å²) in [4.78, 5) is 11.7. The molecule has 4 nitrogen and oxygen atoms in total. The molecule has 16 heavy (non-hydrogen) atoms. The van der Waals surface area contributed by atoms with E-state index in [0.29, 0.717) is 13.0 Å². The summed E-state index contributed by atoms with van der Waals surface area (Å²) < 4.78 is 2.00. The second-order valence-electron chi connectivity index (χ2n) is 4.78. The first-order valence-corrected chi connectivity index (χ1v) is 5.75. The number of hydrogen-bond acceptors (Lipinski definition) is 2. The van der Waals surface area contributed by atoms with Gasteiger partial charge in [0.1, 0.15) is 0 Å². The number of aryl methyl sites for hydroxylation is 1. The largest absolute Gasteiger partial charge is 0.353 e. The molecule has 1 aromatic heterocycles. The predicted molar refractivity (Wildman–Crippen MR) is 62.6 cm³/mol. The van der Waals surface area contributed by atoms with Gasteiger partial charge in [0.15, 0.2) is 0 Å². The SMILES string of the molecule is Cn1cccc1CNC(=O)CC1(N)CCC1. The third kappa shape index (κ3) is 2.44. The average Bonchev–Trinajstić information content (AvgIpc) is 2.59. The average molecular weight is 221 g/mol. The Morgan fingerprint density at radius 2 is 2.38 bits per heavy atom. The summed E-state index contributed by atoms with van der Waals surface area (Å²) in [5.41, 5.74) is 6.90. The van der Waals surface area contributed by atoms with Crippen molar-refractivity contribution in [3.63, 3.8) is 0 Å². The van der Waals surface area contributed by atoms with Gasteiger partial charge in [-0.25, -0.2) is 0 Å². The first-order valence-electron chi connectivity index (χ1n) is 5.75. The lowest BCUT2D eigenvalue weighted by Gasteiger charge is -2.37. The molecule has 1 amide bonds. The summed E-state index contributed by atoms with van der Waals surface area (Å²) in [5, 5.41) is 2.91. The van der Waals surface area contributed by atoms with Gasteiger partial charge in [-0.2, -0.15) is 0 Å². The molecule has 0 radical (unpaired) electrons. The highest BCUT2D eigenvalue weighted by atomic mass is 16.1. The van der Waals surface area contributed by atoms with Crippen LogP contribution in [0.15, 0.2) is 18.3 Å². The van der Waals surface area contributed by atoms with Crippen molar-refractivity contribution in [2.75, 3.05) is 0 Å². The Hall–Kier alpha value is -1.29. The van der Waals surface area contributed by atoms with Crippen molar-refractivity contribution in [2.24, 2.45) is 12.8 Å². The van der Waals surface area contributed by atoms with E-state index in [1.165, 1.54) is 0 Å².